The summed E-state index contributed by atoms with van der Waals surface area (Å²) < 4.78 is 5.61. The average molecular weight is 282 g/mol. The first-order valence-corrected chi connectivity index (χ1v) is 8.30. The highest BCUT2D eigenvalue weighted by atomic mass is 16.5. The fourth-order valence-corrected chi connectivity index (χ4v) is 3.52. The van der Waals surface area contributed by atoms with Crippen LogP contribution < -0.4 is 0 Å². The first-order chi connectivity index (χ1) is 9.65. The molecule has 0 aliphatic carbocycles. The SMILES string of the molecule is CCC(CC)C(=O)N1CCC(N2CCOC(C)C2)CC1. The maximum atomic E-state index is 12.4. The number of hydrogen-bond acceptors (Lipinski definition) is 3. The van der Waals surface area contributed by atoms with Crippen LogP contribution in [-0.2, 0) is 9.53 Å². The van der Waals surface area contributed by atoms with Gasteiger partial charge in [-0.2, -0.15) is 0 Å². The van der Waals surface area contributed by atoms with E-state index in [1.165, 1.54) is 0 Å². The Bertz CT molecular complexity index is 310. The Morgan fingerprint density at radius 1 is 1.20 bits per heavy atom. The normalized spacial score (nSPS) is 26.2. The van der Waals surface area contributed by atoms with Crippen LogP contribution in [0.1, 0.15) is 46.5 Å². The number of piperidine rings is 1. The number of hydrogen-bond donors (Lipinski definition) is 0. The average Bonchev–Trinajstić information content (AvgIpc) is 2.48. The molecule has 2 aliphatic rings. The number of ether oxygens (including phenoxy) is 1. The lowest BCUT2D eigenvalue weighted by Gasteiger charge is -2.42. The second-order valence-electron chi connectivity index (χ2n) is 6.25. The van der Waals surface area contributed by atoms with Crippen LogP contribution in [0.4, 0.5) is 0 Å². The van der Waals surface area contributed by atoms with Gasteiger partial charge in [0.15, 0.2) is 0 Å². The van der Waals surface area contributed by atoms with Gasteiger partial charge in [-0.1, -0.05) is 13.8 Å². The van der Waals surface area contributed by atoms with Crippen molar-refractivity contribution >= 4 is 5.91 Å². The molecule has 116 valence electrons. The van der Waals surface area contributed by atoms with Crippen LogP contribution >= 0.6 is 0 Å². The van der Waals surface area contributed by atoms with Gasteiger partial charge in [0.2, 0.25) is 5.91 Å². The van der Waals surface area contributed by atoms with E-state index in [4.69, 9.17) is 4.74 Å². The molecule has 0 aromatic rings. The van der Waals surface area contributed by atoms with E-state index in [1.807, 2.05) is 0 Å². The third-order valence-corrected chi connectivity index (χ3v) is 4.90. The Morgan fingerprint density at radius 3 is 2.40 bits per heavy atom. The lowest BCUT2D eigenvalue weighted by molar-refractivity contribution is -0.137. The minimum absolute atomic E-state index is 0.231. The topological polar surface area (TPSA) is 32.8 Å². The molecular formula is C16H30N2O2. The number of likely N-dealkylation sites (tertiary alicyclic amines) is 1. The molecular weight excluding hydrogens is 252 g/mol. The number of morpholine rings is 1. The highest BCUT2D eigenvalue weighted by molar-refractivity contribution is 5.78. The first kappa shape index (κ1) is 15.8. The van der Waals surface area contributed by atoms with Crippen LogP contribution in [0.5, 0.6) is 0 Å². The van der Waals surface area contributed by atoms with Crippen molar-refractivity contribution in [2.45, 2.75) is 58.6 Å². The maximum Gasteiger partial charge on any atom is 0.225 e. The van der Waals surface area contributed by atoms with E-state index in [0.29, 0.717) is 18.1 Å². The van der Waals surface area contributed by atoms with Crippen LogP contribution in [0.2, 0.25) is 0 Å². The standard InChI is InChI=1S/C16H30N2O2/c1-4-14(5-2)16(19)17-8-6-15(7-9-17)18-10-11-20-13(3)12-18/h13-15H,4-12H2,1-3H3. The van der Waals surface area contributed by atoms with Crippen molar-refractivity contribution in [1.82, 2.24) is 9.80 Å². The molecule has 1 atom stereocenters. The summed E-state index contributed by atoms with van der Waals surface area (Å²) in [7, 11) is 0. The van der Waals surface area contributed by atoms with Crippen molar-refractivity contribution in [2.24, 2.45) is 5.92 Å². The zero-order chi connectivity index (χ0) is 14.5. The molecule has 4 nitrogen and oxygen atoms in total. The number of amides is 1. The molecule has 2 saturated heterocycles. The van der Waals surface area contributed by atoms with Crippen LogP contribution in [0.25, 0.3) is 0 Å². The lowest BCUT2D eigenvalue weighted by Crippen LogP contribution is -2.52. The Labute approximate surface area is 123 Å². The lowest BCUT2D eigenvalue weighted by atomic mass is 9.97. The van der Waals surface area contributed by atoms with Gasteiger partial charge >= 0.3 is 0 Å². The number of rotatable bonds is 4. The van der Waals surface area contributed by atoms with Gasteiger partial charge in [0.05, 0.1) is 12.7 Å². The summed E-state index contributed by atoms with van der Waals surface area (Å²) in [6, 6.07) is 0.645. The largest absolute Gasteiger partial charge is 0.376 e. The summed E-state index contributed by atoms with van der Waals surface area (Å²) in [6.45, 7) is 11.2. The molecule has 0 radical (unpaired) electrons. The summed E-state index contributed by atoms with van der Waals surface area (Å²) in [5, 5.41) is 0. The molecule has 20 heavy (non-hydrogen) atoms. The zero-order valence-corrected chi connectivity index (χ0v) is 13.3. The Morgan fingerprint density at radius 2 is 1.85 bits per heavy atom. The maximum absolute atomic E-state index is 12.4. The van der Waals surface area contributed by atoms with E-state index < -0.39 is 0 Å². The molecule has 2 fully saturated rings. The molecule has 2 rings (SSSR count). The van der Waals surface area contributed by atoms with Gasteiger partial charge in [-0.25, -0.2) is 0 Å². The van der Waals surface area contributed by atoms with Gasteiger partial charge in [0, 0.05) is 38.1 Å². The van der Waals surface area contributed by atoms with Gasteiger partial charge in [0.1, 0.15) is 0 Å². The number of carbonyl (C=O) groups excluding carboxylic acids is 1. The summed E-state index contributed by atoms with van der Waals surface area (Å²) >= 11 is 0. The van der Waals surface area contributed by atoms with Crippen molar-refractivity contribution < 1.29 is 9.53 Å². The van der Waals surface area contributed by atoms with Crippen molar-refractivity contribution in [3.8, 4) is 0 Å². The van der Waals surface area contributed by atoms with Crippen LogP contribution in [0.15, 0.2) is 0 Å². The minimum atomic E-state index is 0.231. The van der Waals surface area contributed by atoms with E-state index in [-0.39, 0.29) is 5.92 Å². The molecule has 0 aromatic carbocycles. The fourth-order valence-electron chi connectivity index (χ4n) is 3.52. The van der Waals surface area contributed by atoms with Gasteiger partial charge in [-0.3, -0.25) is 9.69 Å². The Kier molecular flexibility index (Phi) is 5.85. The van der Waals surface area contributed by atoms with Gasteiger partial charge < -0.3 is 9.64 Å². The molecule has 2 aliphatic heterocycles. The van der Waals surface area contributed by atoms with E-state index in [1.54, 1.807) is 0 Å². The molecule has 0 bridgehead atoms. The molecule has 2 heterocycles. The fraction of sp³-hybridized carbons (Fsp3) is 0.938. The molecule has 1 amide bonds. The van der Waals surface area contributed by atoms with E-state index in [0.717, 1.165) is 58.5 Å². The van der Waals surface area contributed by atoms with E-state index in [9.17, 15) is 4.79 Å². The quantitative estimate of drug-likeness (QED) is 0.792. The Hall–Kier alpha value is -0.610. The third kappa shape index (κ3) is 3.73. The highest BCUT2D eigenvalue weighted by Crippen LogP contribution is 2.22. The van der Waals surface area contributed by atoms with Gasteiger partial charge in [-0.15, -0.1) is 0 Å². The van der Waals surface area contributed by atoms with Crippen LogP contribution in [0, 0.1) is 5.92 Å². The molecule has 1 unspecified atom stereocenters. The summed E-state index contributed by atoms with van der Waals surface area (Å²) in [6.07, 6.45) is 4.54. The summed E-state index contributed by atoms with van der Waals surface area (Å²) in [4.78, 5) is 17.0. The predicted octanol–water partition coefficient (Wildman–Crippen LogP) is 2.13. The summed E-state index contributed by atoms with van der Waals surface area (Å²) in [5.41, 5.74) is 0. The molecule has 0 aromatic heterocycles. The third-order valence-electron chi connectivity index (χ3n) is 4.90. The second-order valence-corrected chi connectivity index (χ2v) is 6.25. The number of nitrogens with zero attached hydrogens (tertiary/aromatic N) is 2. The van der Waals surface area contributed by atoms with Crippen LogP contribution in [0.3, 0.4) is 0 Å². The van der Waals surface area contributed by atoms with Crippen molar-refractivity contribution in [3.05, 3.63) is 0 Å². The van der Waals surface area contributed by atoms with Crippen molar-refractivity contribution in [3.63, 3.8) is 0 Å². The van der Waals surface area contributed by atoms with E-state index in [2.05, 4.69) is 30.6 Å². The van der Waals surface area contributed by atoms with E-state index >= 15 is 0 Å². The highest BCUT2D eigenvalue weighted by Gasteiger charge is 2.30. The molecule has 0 N–H and O–H groups in total. The summed E-state index contributed by atoms with van der Waals surface area (Å²) in [5.74, 6) is 0.610. The predicted molar refractivity (Wildman–Crippen MR) is 80.7 cm³/mol. The van der Waals surface area contributed by atoms with Crippen molar-refractivity contribution in [2.75, 3.05) is 32.8 Å². The monoisotopic (exact) mass is 282 g/mol. The molecule has 0 saturated carbocycles. The first-order valence-electron chi connectivity index (χ1n) is 8.30. The minimum Gasteiger partial charge on any atom is -0.376 e. The van der Waals surface area contributed by atoms with Gasteiger partial charge in [0.25, 0.3) is 0 Å². The van der Waals surface area contributed by atoms with Gasteiger partial charge in [-0.05, 0) is 32.6 Å². The zero-order valence-electron chi connectivity index (χ0n) is 13.3. The molecule has 0 spiro atoms. The smallest absolute Gasteiger partial charge is 0.225 e. The molecule has 4 heteroatoms. The second kappa shape index (κ2) is 7.41. The number of carbonyl (C=O) groups is 1. The van der Waals surface area contributed by atoms with Crippen LogP contribution in [-0.4, -0.2) is 60.6 Å². The van der Waals surface area contributed by atoms with Crippen molar-refractivity contribution in [1.29, 1.82) is 0 Å². The Balaban J connectivity index is 1.81.